The molecule has 0 amide bonds. The fourth-order valence-corrected chi connectivity index (χ4v) is 3.82. The van der Waals surface area contributed by atoms with E-state index in [1.807, 2.05) is 0 Å². The van der Waals surface area contributed by atoms with Crippen LogP contribution in [0.3, 0.4) is 0 Å². The highest BCUT2D eigenvalue weighted by molar-refractivity contribution is 6.01. The van der Waals surface area contributed by atoms with Crippen LogP contribution in [0.25, 0.3) is 11.0 Å². The van der Waals surface area contributed by atoms with Crippen molar-refractivity contribution in [2.45, 2.75) is 39.2 Å². The Kier molecular flexibility index (Phi) is 3.35. The fourth-order valence-electron chi connectivity index (χ4n) is 3.82. The standard InChI is InChI=1S/C16H20N2O3/c1-9-6-10(2)8-11(7-9)18-14-12(15(19)20)4-3-5-13(14)17-16(18)21/h3-5,9-11H,6-8H2,1-2H3,(H,17,21)(H,19,20). The van der Waals surface area contributed by atoms with Gasteiger partial charge in [-0.25, -0.2) is 9.59 Å². The Bertz CT molecular complexity index is 734. The van der Waals surface area contributed by atoms with Crippen molar-refractivity contribution in [1.29, 1.82) is 0 Å². The van der Waals surface area contributed by atoms with Crippen LogP contribution in [0.4, 0.5) is 0 Å². The molecule has 0 radical (unpaired) electrons. The molecule has 5 heteroatoms. The largest absolute Gasteiger partial charge is 0.478 e. The van der Waals surface area contributed by atoms with Gasteiger partial charge in [0, 0.05) is 6.04 Å². The summed E-state index contributed by atoms with van der Waals surface area (Å²) in [6.07, 6.45) is 3.01. The minimum atomic E-state index is -0.995. The SMILES string of the molecule is CC1CC(C)CC(n2c(=O)[nH]c3cccc(C(=O)O)c32)C1. The quantitative estimate of drug-likeness (QED) is 0.892. The number of aromatic carboxylic acids is 1. The second-order valence-corrected chi connectivity index (χ2v) is 6.38. The number of hydrogen-bond donors (Lipinski definition) is 2. The second-order valence-electron chi connectivity index (χ2n) is 6.38. The average Bonchev–Trinajstić information content (AvgIpc) is 2.72. The van der Waals surface area contributed by atoms with Crippen molar-refractivity contribution in [3.8, 4) is 0 Å². The number of carboxylic acid groups (broad SMARTS) is 1. The molecule has 0 saturated heterocycles. The van der Waals surface area contributed by atoms with Crippen molar-refractivity contribution in [1.82, 2.24) is 9.55 Å². The van der Waals surface area contributed by atoms with E-state index in [0.717, 1.165) is 12.8 Å². The van der Waals surface area contributed by atoms with Crippen molar-refractivity contribution in [2.75, 3.05) is 0 Å². The lowest BCUT2D eigenvalue weighted by atomic mass is 9.80. The van der Waals surface area contributed by atoms with Crippen LogP contribution in [0.5, 0.6) is 0 Å². The molecule has 1 aliphatic rings. The maximum absolute atomic E-state index is 12.3. The molecule has 1 heterocycles. The van der Waals surface area contributed by atoms with Crippen LogP contribution >= 0.6 is 0 Å². The number of fused-ring (bicyclic) bond motifs is 1. The van der Waals surface area contributed by atoms with Crippen molar-refractivity contribution < 1.29 is 9.90 Å². The molecule has 2 aromatic rings. The Morgan fingerprint density at radius 2 is 1.90 bits per heavy atom. The van der Waals surface area contributed by atoms with Gasteiger partial charge in [0.25, 0.3) is 0 Å². The Hall–Kier alpha value is -2.04. The van der Waals surface area contributed by atoms with Crippen LogP contribution in [-0.2, 0) is 0 Å². The molecule has 2 unspecified atom stereocenters. The third-order valence-electron chi connectivity index (χ3n) is 4.49. The van der Waals surface area contributed by atoms with E-state index in [2.05, 4.69) is 18.8 Å². The number of nitrogens with one attached hydrogen (secondary N) is 1. The summed E-state index contributed by atoms with van der Waals surface area (Å²) in [6.45, 7) is 4.39. The van der Waals surface area contributed by atoms with Gasteiger partial charge >= 0.3 is 11.7 Å². The molecule has 1 aromatic heterocycles. The molecule has 112 valence electrons. The minimum absolute atomic E-state index is 0.0745. The number of nitrogens with zero attached hydrogens (tertiary/aromatic N) is 1. The number of benzene rings is 1. The van der Waals surface area contributed by atoms with Gasteiger partial charge in [-0.3, -0.25) is 4.57 Å². The Labute approximate surface area is 122 Å². The highest BCUT2D eigenvalue weighted by Gasteiger charge is 2.28. The van der Waals surface area contributed by atoms with Crippen molar-refractivity contribution in [3.63, 3.8) is 0 Å². The molecule has 0 bridgehead atoms. The Balaban J connectivity index is 2.20. The maximum Gasteiger partial charge on any atom is 0.337 e. The number of carbonyl (C=O) groups is 1. The summed E-state index contributed by atoms with van der Waals surface area (Å²) in [5.74, 6) is 0.102. The third kappa shape index (κ3) is 2.37. The highest BCUT2D eigenvalue weighted by atomic mass is 16.4. The van der Waals surface area contributed by atoms with E-state index in [4.69, 9.17) is 0 Å². The van der Waals surface area contributed by atoms with Gasteiger partial charge in [-0.2, -0.15) is 0 Å². The minimum Gasteiger partial charge on any atom is -0.478 e. The fraction of sp³-hybridized carbons (Fsp3) is 0.500. The van der Waals surface area contributed by atoms with Crippen LogP contribution < -0.4 is 5.69 Å². The van der Waals surface area contributed by atoms with Crippen LogP contribution in [0.1, 0.15) is 49.5 Å². The molecule has 1 saturated carbocycles. The average molecular weight is 288 g/mol. The summed E-state index contributed by atoms with van der Waals surface area (Å²) in [5, 5.41) is 9.39. The topological polar surface area (TPSA) is 75.1 Å². The lowest BCUT2D eigenvalue weighted by Crippen LogP contribution is -2.29. The molecule has 1 aliphatic carbocycles. The normalized spacial score (nSPS) is 26.1. The summed E-state index contributed by atoms with van der Waals surface area (Å²) in [6, 6.07) is 5.06. The number of para-hydroxylation sites is 1. The maximum atomic E-state index is 12.3. The number of imidazole rings is 1. The zero-order valence-corrected chi connectivity index (χ0v) is 12.3. The van der Waals surface area contributed by atoms with Crippen LogP contribution in [0, 0.1) is 11.8 Å². The molecule has 0 aliphatic heterocycles. The van der Waals surface area contributed by atoms with E-state index >= 15 is 0 Å². The van der Waals surface area contributed by atoms with Crippen LogP contribution in [0.15, 0.2) is 23.0 Å². The van der Waals surface area contributed by atoms with Crippen molar-refractivity contribution in [3.05, 3.63) is 34.2 Å². The van der Waals surface area contributed by atoms with Crippen LogP contribution in [0.2, 0.25) is 0 Å². The molecule has 21 heavy (non-hydrogen) atoms. The van der Waals surface area contributed by atoms with Crippen molar-refractivity contribution >= 4 is 17.0 Å². The van der Waals surface area contributed by atoms with E-state index in [1.165, 1.54) is 6.42 Å². The Morgan fingerprint density at radius 1 is 1.24 bits per heavy atom. The molecule has 2 atom stereocenters. The summed E-state index contributed by atoms with van der Waals surface area (Å²) in [4.78, 5) is 26.6. The van der Waals surface area contributed by atoms with E-state index in [9.17, 15) is 14.7 Å². The predicted molar refractivity (Wildman–Crippen MR) is 80.7 cm³/mol. The third-order valence-corrected chi connectivity index (χ3v) is 4.49. The first-order chi connectivity index (χ1) is 9.97. The van der Waals surface area contributed by atoms with Gasteiger partial charge < -0.3 is 10.1 Å². The van der Waals surface area contributed by atoms with E-state index in [0.29, 0.717) is 22.9 Å². The lowest BCUT2D eigenvalue weighted by molar-refractivity contribution is 0.0698. The van der Waals surface area contributed by atoms with Crippen LogP contribution in [-0.4, -0.2) is 20.6 Å². The predicted octanol–water partition coefficient (Wildman–Crippen LogP) is 3.03. The first-order valence-electron chi connectivity index (χ1n) is 7.44. The summed E-state index contributed by atoms with van der Waals surface area (Å²) in [5.41, 5.74) is 1.12. The molecular formula is C16H20N2O3. The number of carboxylic acids is 1. The molecule has 5 nitrogen and oxygen atoms in total. The first kappa shape index (κ1) is 13.9. The van der Waals surface area contributed by atoms with Gasteiger partial charge in [0.2, 0.25) is 0 Å². The van der Waals surface area contributed by atoms with Gasteiger partial charge in [-0.15, -0.1) is 0 Å². The summed E-state index contributed by atoms with van der Waals surface area (Å²) in [7, 11) is 0. The number of hydrogen-bond acceptors (Lipinski definition) is 2. The monoisotopic (exact) mass is 288 g/mol. The van der Waals surface area contributed by atoms with Gasteiger partial charge in [0.1, 0.15) is 0 Å². The van der Waals surface area contributed by atoms with Gasteiger partial charge in [-0.1, -0.05) is 19.9 Å². The number of rotatable bonds is 2. The number of aromatic nitrogens is 2. The Morgan fingerprint density at radius 3 is 2.52 bits per heavy atom. The molecule has 1 fully saturated rings. The molecule has 2 N–H and O–H groups in total. The van der Waals surface area contributed by atoms with E-state index < -0.39 is 5.97 Å². The van der Waals surface area contributed by atoms with Gasteiger partial charge in [0.05, 0.1) is 16.6 Å². The van der Waals surface area contributed by atoms with E-state index in [1.54, 1.807) is 22.8 Å². The lowest BCUT2D eigenvalue weighted by Gasteiger charge is -2.32. The highest BCUT2D eigenvalue weighted by Crippen LogP contribution is 2.36. The summed E-state index contributed by atoms with van der Waals surface area (Å²) >= 11 is 0. The number of aromatic amines is 1. The second kappa shape index (κ2) is 5.06. The summed E-state index contributed by atoms with van der Waals surface area (Å²) < 4.78 is 1.67. The van der Waals surface area contributed by atoms with Gasteiger partial charge in [0.15, 0.2) is 0 Å². The molecular weight excluding hydrogens is 268 g/mol. The molecule has 0 spiro atoms. The molecule has 1 aromatic carbocycles. The first-order valence-corrected chi connectivity index (χ1v) is 7.44. The molecule has 3 rings (SSSR count). The zero-order valence-electron chi connectivity index (χ0n) is 12.3. The zero-order chi connectivity index (χ0) is 15.1. The number of H-pyrrole nitrogens is 1. The van der Waals surface area contributed by atoms with Crippen molar-refractivity contribution in [2.24, 2.45) is 11.8 Å². The van der Waals surface area contributed by atoms with E-state index in [-0.39, 0.29) is 17.3 Å². The smallest absolute Gasteiger partial charge is 0.337 e. The van der Waals surface area contributed by atoms with Gasteiger partial charge in [-0.05, 0) is 43.2 Å².